The third-order valence-corrected chi connectivity index (χ3v) is 5.66. The maximum atomic E-state index is 12.5. The summed E-state index contributed by atoms with van der Waals surface area (Å²) in [6, 6.07) is 11.5. The van der Waals surface area contributed by atoms with Gasteiger partial charge in [-0.25, -0.2) is 14.3 Å². The highest BCUT2D eigenvalue weighted by Crippen LogP contribution is 2.31. The number of nitrogens with zero attached hydrogens (tertiary/aromatic N) is 3. The molecule has 2 heterocycles. The van der Waals surface area contributed by atoms with Gasteiger partial charge in [0.15, 0.2) is 0 Å². The van der Waals surface area contributed by atoms with Gasteiger partial charge in [0, 0.05) is 24.6 Å². The van der Waals surface area contributed by atoms with Crippen LogP contribution in [0.2, 0.25) is 0 Å². The number of rotatable bonds is 6. The third-order valence-electron chi connectivity index (χ3n) is 5.55. The molecule has 2 aromatic rings. The zero-order valence-corrected chi connectivity index (χ0v) is 21.4. The number of hydrogen-bond donors (Lipinski definition) is 1. The predicted octanol–water partition coefficient (Wildman–Crippen LogP) is 5.72. The number of aromatic nitrogens is 2. The van der Waals surface area contributed by atoms with Gasteiger partial charge in [0.1, 0.15) is 19.0 Å². The first-order valence-corrected chi connectivity index (χ1v) is 12.0. The van der Waals surface area contributed by atoms with E-state index in [4.69, 9.17) is 26.2 Å². The fourth-order valence-electron chi connectivity index (χ4n) is 3.61. The molecular formula is C25H35ClN4O4. The summed E-state index contributed by atoms with van der Waals surface area (Å²) in [6.45, 7) is 11.2. The Hall–Kier alpha value is -2.74. The van der Waals surface area contributed by atoms with Crippen molar-refractivity contribution < 1.29 is 19.1 Å². The van der Waals surface area contributed by atoms with Crippen LogP contribution in [0.4, 0.5) is 15.4 Å². The molecule has 8 nitrogen and oxygen atoms in total. The van der Waals surface area contributed by atoms with Gasteiger partial charge in [-0.15, -0.1) is 11.6 Å². The Kier molecular flexibility index (Phi) is 8.13. The van der Waals surface area contributed by atoms with E-state index in [1.807, 2.05) is 41.1 Å². The minimum absolute atomic E-state index is 0.0361. The number of nitrogens with one attached hydrogen (secondary N) is 1. The molecule has 1 aromatic heterocycles. The standard InChI is InChI=1S/C25H35ClN4O4/c1-24(2,3)20-15-21(27-22(31)34-17-25(4,5)26)30(28-20)19-11-13-29(14-12-19)23(32)33-16-18-9-7-6-8-10-18/h6-10,15,19H,11-14,16-17H2,1-5H3,(H,27,31). The van der Waals surface area contributed by atoms with Crippen LogP contribution in [0.1, 0.15) is 64.8 Å². The average Bonchev–Trinajstić information content (AvgIpc) is 3.21. The number of alkyl halides is 1. The van der Waals surface area contributed by atoms with Gasteiger partial charge in [-0.3, -0.25) is 5.32 Å². The molecule has 0 bridgehead atoms. The lowest BCUT2D eigenvalue weighted by atomic mass is 9.92. The molecule has 0 atom stereocenters. The maximum Gasteiger partial charge on any atom is 0.412 e. The van der Waals surface area contributed by atoms with Crippen LogP contribution in [0.25, 0.3) is 0 Å². The molecule has 9 heteroatoms. The molecule has 0 radical (unpaired) electrons. The molecule has 1 aromatic carbocycles. The van der Waals surface area contributed by atoms with E-state index in [-0.39, 0.29) is 30.8 Å². The Bertz CT molecular complexity index is 971. The zero-order chi connectivity index (χ0) is 24.9. The predicted molar refractivity (Wildman–Crippen MR) is 132 cm³/mol. The quantitative estimate of drug-likeness (QED) is 0.523. The largest absolute Gasteiger partial charge is 0.447 e. The number of benzene rings is 1. The number of hydrogen-bond acceptors (Lipinski definition) is 5. The molecule has 0 unspecified atom stereocenters. The second-order valence-electron chi connectivity index (χ2n) is 10.3. The topological polar surface area (TPSA) is 85.7 Å². The first-order chi connectivity index (χ1) is 15.9. The molecule has 0 aliphatic carbocycles. The molecule has 0 saturated carbocycles. The number of likely N-dealkylation sites (tertiary alicyclic amines) is 1. The molecule has 1 aliphatic heterocycles. The fraction of sp³-hybridized carbons (Fsp3) is 0.560. The smallest absolute Gasteiger partial charge is 0.412 e. The molecule has 34 heavy (non-hydrogen) atoms. The first kappa shape index (κ1) is 25.9. The summed E-state index contributed by atoms with van der Waals surface area (Å²) in [4.78, 5) is 26.0. The molecule has 2 amide bonds. The Morgan fingerprint density at radius 1 is 1.09 bits per heavy atom. The van der Waals surface area contributed by atoms with E-state index in [9.17, 15) is 9.59 Å². The molecule has 186 valence electrons. The molecule has 0 spiro atoms. The molecule has 1 N–H and O–H groups in total. The van der Waals surface area contributed by atoms with Crippen LogP contribution in [-0.2, 0) is 21.5 Å². The normalized spacial score (nSPS) is 15.2. The van der Waals surface area contributed by atoms with Crippen molar-refractivity contribution in [2.75, 3.05) is 25.0 Å². The summed E-state index contributed by atoms with van der Waals surface area (Å²) in [5.74, 6) is 0.576. The number of ether oxygens (including phenoxy) is 2. The van der Waals surface area contributed by atoms with Crippen molar-refractivity contribution in [2.45, 2.75) is 70.4 Å². The molecule has 3 rings (SSSR count). The number of carbonyl (C=O) groups is 2. The van der Waals surface area contributed by atoms with Crippen LogP contribution in [0.15, 0.2) is 36.4 Å². The van der Waals surface area contributed by atoms with Crippen molar-refractivity contribution in [3.63, 3.8) is 0 Å². The van der Waals surface area contributed by atoms with Gasteiger partial charge in [0.05, 0.1) is 16.6 Å². The van der Waals surface area contributed by atoms with E-state index >= 15 is 0 Å². The van der Waals surface area contributed by atoms with E-state index in [2.05, 4.69) is 26.1 Å². The minimum Gasteiger partial charge on any atom is -0.447 e. The molecule has 1 fully saturated rings. The SMILES string of the molecule is CC(C)(Cl)COC(=O)Nc1cc(C(C)(C)C)nn1C1CCN(C(=O)OCc2ccccc2)CC1. The Labute approximate surface area is 206 Å². The summed E-state index contributed by atoms with van der Waals surface area (Å²) in [5, 5.41) is 7.62. The highest BCUT2D eigenvalue weighted by atomic mass is 35.5. The zero-order valence-electron chi connectivity index (χ0n) is 20.6. The Balaban J connectivity index is 1.63. The summed E-state index contributed by atoms with van der Waals surface area (Å²) < 4.78 is 12.6. The van der Waals surface area contributed by atoms with Crippen LogP contribution >= 0.6 is 11.6 Å². The second-order valence-corrected chi connectivity index (χ2v) is 11.3. The van der Waals surface area contributed by atoms with E-state index in [0.717, 1.165) is 11.3 Å². The van der Waals surface area contributed by atoms with E-state index < -0.39 is 11.0 Å². The Morgan fingerprint density at radius 3 is 2.32 bits per heavy atom. The number of amides is 2. The molecular weight excluding hydrogens is 456 g/mol. The average molecular weight is 491 g/mol. The van der Waals surface area contributed by atoms with Crippen molar-refractivity contribution >= 4 is 29.6 Å². The van der Waals surface area contributed by atoms with Gasteiger partial charge in [-0.2, -0.15) is 5.10 Å². The van der Waals surface area contributed by atoms with Crippen LogP contribution in [0.3, 0.4) is 0 Å². The van der Waals surface area contributed by atoms with Crippen molar-refractivity contribution in [1.29, 1.82) is 0 Å². The summed E-state index contributed by atoms with van der Waals surface area (Å²) in [6.07, 6.45) is 0.509. The van der Waals surface area contributed by atoms with Crippen LogP contribution in [0.5, 0.6) is 0 Å². The number of carbonyl (C=O) groups excluding carboxylic acids is 2. The minimum atomic E-state index is -0.643. The summed E-state index contributed by atoms with van der Waals surface area (Å²) in [7, 11) is 0. The van der Waals surface area contributed by atoms with Gasteiger partial charge < -0.3 is 14.4 Å². The van der Waals surface area contributed by atoms with E-state index in [1.165, 1.54) is 0 Å². The Morgan fingerprint density at radius 2 is 1.74 bits per heavy atom. The highest BCUT2D eigenvalue weighted by molar-refractivity contribution is 6.23. The van der Waals surface area contributed by atoms with Crippen molar-refractivity contribution in [1.82, 2.24) is 14.7 Å². The number of piperidine rings is 1. The van der Waals surface area contributed by atoms with Gasteiger partial charge in [-0.05, 0) is 32.3 Å². The van der Waals surface area contributed by atoms with Crippen molar-refractivity contribution in [2.24, 2.45) is 0 Å². The second kappa shape index (κ2) is 10.7. The summed E-state index contributed by atoms with van der Waals surface area (Å²) in [5.41, 5.74) is 1.63. The van der Waals surface area contributed by atoms with Gasteiger partial charge >= 0.3 is 12.2 Å². The number of anilines is 1. The van der Waals surface area contributed by atoms with Gasteiger partial charge in [-0.1, -0.05) is 51.1 Å². The lowest BCUT2D eigenvalue weighted by molar-refractivity contribution is 0.0822. The van der Waals surface area contributed by atoms with Gasteiger partial charge in [0.2, 0.25) is 0 Å². The maximum absolute atomic E-state index is 12.5. The molecule has 1 saturated heterocycles. The first-order valence-electron chi connectivity index (χ1n) is 11.6. The van der Waals surface area contributed by atoms with Crippen LogP contribution in [-0.4, -0.2) is 51.4 Å². The third kappa shape index (κ3) is 7.38. The van der Waals surface area contributed by atoms with Gasteiger partial charge in [0.25, 0.3) is 0 Å². The molecule has 1 aliphatic rings. The van der Waals surface area contributed by atoms with E-state index in [0.29, 0.717) is 31.7 Å². The lowest BCUT2D eigenvalue weighted by Crippen LogP contribution is -2.39. The monoisotopic (exact) mass is 490 g/mol. The fourth-order valence-corrected chi connectivity index (χ4v) is 3.67. The number of halogens is 1. The summed E-state index contributed by atoms with van der Waals surface area (Å²) >= 11 is 6.13. The van der Waals surface area contributed by atoms with Crippen molar-refractivity contribution in [3.05, 3.63) is 47.7 Å². The van der Waals surface area contributed by atoms with Crippen molar-refractivity contribution in [3.8, 4) is 0 Å². The van der Waals surface area contributed by atoms with Crippen LogP contribution in [0, 0.1) is 0 Å². The van der Waals surface area contributed by atoms with E-state index in [1.54, 1.807) is 18.7 Å². The highest BCUT2D eigenvalue weighted by Gasteiger charge is 2.29. The van der Waals surface area contributed by atoms with Crippen LogP contribution < -0.4 is 5.32 Å². The lowest BCUT2D eigenvalue weighted by Gasteiger charge is -2.32.